The van der Waals surface area contributed by atoms with Crippen LogP contribution in [0.2, 0.25) is 0 Å². The summed E-state index contributed by atoms with van der Waals surface area (Å²) < 4.78 is 42.0. The molecule has 0 amide bonds. The van der Waals surface area contributed by atoms with Gasteiger partial charge >= 0.3 is 5.97 Å². The summed E-state index contributed by atoms with van der Waals surface area (Å²) in [7, 11) is 0. The van der Waals surface area contributed by atoms with Crippen molar-refractivity contribution >= 4 is 34.0 Å². The van der Waals surface area contributed by atoms with Crippen LogP contribution in [0.15, 0.2) is 42.5 Å². The van der Waals surface area contributed by atoms with Crippen molar-refractivity contribution in [3.05, 3.63) is 59.7 Å². The minimum Gasteiger partial charge on any atom is -0.755 e. The number of H-pyrrole nitrogens is 1. The molecule has 1 heterocycles. The van der Waals surface area contributed by atoms with Gasteiger partial charge in [0, 0.05) is 23.4 Å². The number of aromatic amines is 1. The first-order chi connectivity index (χ1) is 13.3. The fourth-order valence-corrected chi connectivity index (χ4v) is 3.09. The van der Waals surface area contributed by atoms with Crippen molar-refractivity contribution in [1.82, 2.24) is 9.97 Å². The molecule has 0 aliphatic carbocycles. The molecule has 0 aliphatic heterocycles. The lowest BCUT2D eigenvalue weighted by molar-refractivity contribution is -0.167. The monoisotopic (exact) mass is 406 g/mol. The number of carbonyl (C=O) groups excluding carboxylic acids is 1. The Labute approximate surface area is 162 Å². The molecular formula is C18H17FN3O5S-. The molecule has 2 aromatic carbocycles. The molecule has 0 bridgehead atoms. The SMILES string of the molecule is CCOC(=O)C(O)(Cc1ccc(F)cc1)c1nc2ccc(NS(=O)[O-])cc2[nH]1. The van der Waals surface area contributed by atoms with Crippen LogP contribution in [-0.2, 0) is 32.8 Å². The molecule has 28 heavy (non-hydrogen) atoms. The number of halogens is 1. The summed E-state index contributed by atoms with van der Waals surface area (Å²) in [6.07, 6.45) is -0.193. The number of aliphatic hydroxyl groups is 1. The van der Waals surface area contributed by atoms with Crippen LogP contribution in [0.4, 0.5) is 10.1 Å². The zero-order chi connectivity index (χ0) is 20.3. The second-order valence-electron chi connectivity index (χ2n) is 6.04. The molecule has 2 unspecified atom stereocenters. The maximum atomic E-state index is 13.2. The number of nitrogens with zero attached hydrogens (tertiary/aromatic N) is 1. The lowest BCUT2D eigenvalue weighted by atomic mass is 9.93. The normalized spacial score (nSPS) is 14.4. The number of hydrogen-bond acceptors (Lipinski definition) is 6. The van der Waals surface area contributed by atoms with Crippen molar-refractivity contribution in [2.24, 2.45) is 0 Å². The average Bonchev–Trinajstić information content (AvgIpc) is 3.07. The summed E-state index contributed by atoms with van der Waals surface area (Å²) in [6, 6.07) is 9.86. The minimum atomic E-state index is -2.50. The molecule has 0 aliphatic rings. The van der Waals surface area contributed by atoms with Crippen LogP contribution in [0.3, 0.4) is 0 Å². The Hall–Kier alpha value is -2.82. The van der Waals surface area contributed by atoms with E-state index in [0.29, 0.717) is 16.6 Å². The first-order valence-electron chi connectivity index (χ1n) is 8.32. The van der Waals surface area contributed by atoms with Crippen molar-refractivity contribution in [2.45, 2.75) is 18.9 Å². The van der Waals surface area contributed by atoms with E-state index in [1.54, 1.807) is 6.92 Å². The van der Waals surface area contributed by atoms with E-state index in [0.717, 1.165) is 0 Å². The van der Waals surface area contributed by atoms with Gasteiger partial charge in [-0.25, -0.2) is 14.2 Å². The van der Waals surface area contributed by atoms with Gasteiger partial charge in [-0.1, -0.05) is 12.1 Å². The van der Waals surface area contributed by atoms with Crippen molar-refractivity contribution in [1.29, 1.82) is 0 Å². The fraction of sp³-hybridized carbons (Fsp3) is 0.222. The first kappa shape index (κ1) is 19.9. The van der Waals surface area contributed by atoms with Crippen molar-refractivity contribution < 1.29 is 27.8 Å². The van der Waals surface area contributed by atoms with E-state index >= 15 is 0 Å². The molecule has 1 aromatic heterocycles. The quantitative estimate of drug-likeness (QED) is 0.406. The topological polar surface area (TPSA) is 127 Å². The average molecular weight is 406 g/mol. The molecule has 148 valence electrons. The van der Waals surface area contributed by atoms with Crippen LogP contribution >= 0.6 is 0 Å². The molecule has 0 saturated heterocycles. The lowest BCUT2D eigenvalue weighted by Crippen LogP contribution is -2.40. The van der Waals surface area contributed by atoms with Gasteiger partial charge in [-0.05, 0) is 42.8 Å². The second-order valence-corrected chi connectivity index (χ2v) is 6.71. The molecule has 0 fully saturated rings. The summed E-state index contributed by atoms with van der Waals surface area (Å²) in [4.78, 5) is 19.6. The summed E-state index contributed by atoms with van der Waals surface area (Å²) in [5, 5.41) is 11.1. The molecule has 2 atom stereocenters. The van der Waals surface area contributed by atoms with Crippen molar-refractivity contribution in [3.63, 3.8) is 0 Å². The molecule has 3 N–H and O–H groups in total. The zero-order valence-electron chi connectivity index (χ0n) is 14.8. The van der Waals surface area contributed by atoms with E-state index in [4.69, 9.17) is 4.74 Å². The van der Waals surface area contributed by atoms with Gasteiger partial charge in [0.2, 0.25) is 5.60 Å². The largest absolute Gasteiger partial charge is 0.755 e. The maximum absolute atomic E-state index is 13.2. The standard InChI is InChI=1S/C18H18FN3O5S/c1-2-27-17(23)18(24,10-11-3-5-12(19)6-4-11)16-20-14-8-7-13(22-28(25)26)9-15(14)21-16/h3-9,22,24H,2,10H2,1H3,(H,20,21)(H,25,26)/p-1. The Balaban J connectivity index is 2.02. The lowest BCUT2D eigenvalue weighted by Gasteiger charge is -2.23. The molecule has 0 spiro atoms. The fourth-order valence-electron chi connectivity index (χ4n) is 2.77. The van der Waals surface area contributed by atoms with Crippen LogP contribution in [0.25, 0.3) is 11.0 Å². The van der Waals surface area contributed by atoms with E-state index in [9.17, 15) is 23.1 Å². The van der Waals surface area contributed by atoms with Gasteiger partial charge in [0.25, 0.3) is 0 Å². The van der Waals surface area contributed by atoms with Crippen LogP contribution in [0, 0.1) is 5.82 Å². The van der Waals surface area contributed by atoms with E-state index < -0.39 is 28.7 Å². The molecule has 3 rings (SSSR count). The van der Waals surface area contributed by atoms with Gasteiger partial charge in [0.15, 0.2) is 5.82 Å². The second kappa shape index (κ2) is 8.05. The number of esters is 1. The number of nitrogens with one attached hydrogen (secondary N) is 2. The maximum Gasteiger partial charge on any atom is 0.346 e. The van der Waals surface area contributed by atoms with Crippen LogP contribution in [0.1, 0.15) is 18.3 Å². The highest BCUT2D eigenvalue weighted by atomic mass is 32.2. The highest BCUT2D eigenvalue weighted by Gasteiger charge is 2.43. The Kier molecular flexibility index (Phi) is 5.73. The number of benzene rings is 2. The number of aromatic nitrogens is 2. The summed E-state index contributed by atoms with van der Waals surface area (Å²) in [5.74, 6) is -1.41. The van der Waals surface area contributed by atoms with E-state index in [-0.39, 0.29) is 24.5 Å². The van der Waals surface area contributed by atoms with E-state index in [2.05, 4.69) is 14.7 Å². The highest BCUT2D eigenvalue weighted by molar-refractivity contribution is 7.80. The zero-order valence-corrected chi connectivity index (χ0v) is 15.6. The van der Waals surface area contributed by atoms with Gasteiger partial charge in [-0.15, -0.1) is 0 Å². The van der Waals surface area contributed by atoms with Crippen molar-refractivity contribution in [3.8, 4) is 0 Å². The molecule has 3 aromatic rings. The van der Waals surface area contributed by atoms with Gasteiger partial charge in [-0.3, -0.25) is 4.21 Å². The van der Waals surface area contributed by atoms with Crippen LogP contribution in [0.5, 0.6) is 0 Å². The number of imidazole rings is 1. The number of hydrogen-bond donors (Lipinski definition) is 3. The number of ether oxygens (including phenoxy) is 1. The Bertz CT molecular complexity index is 1020. The number of carbonyl (C=O) groups is 1. The number of fused-ring (bicyclic) bond motifs is 1. The predicted octanol–water partition coefficient (Wildman–Crippen LogP) is 1.90. The summed E-state index contributed by atoms with van der Waals surface area (Å²) >= 11 is -2.50. The smallest absolute Gasteiger partial charge is 0.346 e. The predicted molar refractivity (Wildman–Crippen MR) is 99.3 cm³/mol. The Morgan fingerprint density at radius 2 is 2.07 bits per heavy atom. The van der Waals surface area contributed by atoms with Crippen LogP contribution in [-0.4, -0.2) is 36.4 Å². The summed E-state index contributed by atoms with van der Waals surface area (Å²) in [6.45, 7) is 1.66. The highest BCUT2D eigenvalue weighted by Crippen LogP contribution is 2.28. The third-order valence-corrected chi connectivity index (χ3v) is 4.46. The van der Waals surface area contributed by atoms with Crippen molar-refractivity contribution in [2.75, 3.05) is 11.3 Å². The molecule has 0 saturated carbocycles. The molecule has 10 heteroatoms. The van der Waals surface area contributed by atoms with Crippen LogP contribution < -0.4 is 4.72 Å². The third kappa shape index (κ3) is 4.19. The van der Waals surface area contributed by atoms with Gasteiger partial charge in [0.05, 0.1) is 17.6 Å². The molecular weight excluding hydrogens is 389 g/mol. The minimum absolute atomic E-state index is 0.0498. The molecule has 8 nitrogen and oxygen atoms in total. The van der Waals surface area contributed by atoms with E-state index in [1.165, 1.54) is 42.5 Å². The van der Waals surface area contributed by atoms with Gasteiger partial charge < -0.3 is 24.1 Å². The number of anilines is 1. The molecule has 0 radical (unpaired) electrons. The van der Waals surface area contributed by atoms with E-state index in [1.807, 2.05) is 0 Å². The Morgan fingerprint density at radius 1 is 1.36 bits per heavy atom. The number of rotatable bonds is 7. The first-order valence-corrected chi connectivity index (χ1v) is 9.39. The van der Waals surface area contributed by atoms with Gasteiger partial charge in [0.1, 0.15) is 5.82 Å². The Morgan fingerprint density at radius 3 is 2.71 bits per heavy atom. The van der Waals surface area contributed by atoms with Gasteiger partial charge in [-0.2, -0.15) is 0 Å². The summed E-state index contributed by atoms with van der Waals surface area (Å²) in [5.41, 5.74) is -0.524. The third-order valence-electron chi connectivity index (χ3n) is 4.06.